The molecule has 0 fully saturated rings. The van der Waals surface area contributed by atoms with Crippen molar-refractivity contribution in [3.05, 3.63) is 35.1 Å². The molecule has 0 saturated carbocycles. The summed E-state index contributed by atoms with van der Waals surface area (Å²) in [7, 11) is 0. The summed E-state index contributed by atoms with van der Waals surface area (Å²) in [6, 6.07) is 5.50. The molecule has 0 aliphatic carbocycles. The molecule has 1 unspecified atom stereocenters. The van der Waals surface area contributed by atoms with E-state index in [9.17, 15) is 4.39 Å². The lowest BCUT2D eigenvalue weighted by molar-refractivity contribution is 0.479. The first kappa shape index (κ1) is 15.2. The largest absolute Gasteiger partial charge is 0.310 e. The van der Waals surface area contributed by atoms with Gasteiger partial charge in [-0.15, -0.1) is 0 Å². The van der Waals surface area contributed by atoms with E-state index < -0.39 is 0 Å². The number of aryl methyl sites for hydroxylation is 1. The standard InChI is InChI=1S/C16H26FN/c1-4-6-7-8-9-16(18-5-2)15-11-10-14(17)12-13(15)3/h10-12,16,18H,4-9H2,1-3H3. The van der Waals surface area contributed by atoms with E-state index in [1.807, 2.05) is 13.0 Å². The molecule has 102 valence electrons. The van der Waals surface area contributed by atoms with Gasteiger partial charge in [-0.05, 0) is 43.1 Å². The molecule has 0 amide bonds. The molecule has 1 aromatic rings. The van der Waals surface area contributed by atoms with Crippen LogP contribution in [-0.2, 0) is 0 Å². The van der Waals surface area contributed by atoms with Gasteiger partial charge in [-0.2, -0.15) is 0 Å². The molecule has 1 rings (SSSR count). The zero-order valence-corrected chi connectivity index (χ0v) is 11.9. The van der Waals surface area contributed by atoms with Crippen LogP contribution in [0.25, 0.3) is 0 Å². The molecule has 1 atom stereocenters. The van der Waals surface area contributed by atoms with Crippen molar-refractivity contribution in [1.29, 1.82) is 0 Å². The molecule has 1 N–H and O–H groups in total. The van der Waals surface area contributed by atoms with Crippen molar-refractivity contribution in [2.75, 3.05) is 6.54 Å². The minimum Gasteiger partial charge on any atom is -0.310 e. The van der Waals surface area contributed by atoms with Crippen LogP contribution in [0.15, 0.2) is 18.2 Å². The quantitative estimate of drug-likeness (QED) is 0.657. The van der Waals surface area contributed by atoms with Crippen LogP contribution in [-0.4, -0.2) is 6.54 Å². The van der Waals surface area contributed by atoms with Crippen LogP contribution in [0.2, 0.25) is 0 Å². The highest BCUT2D eigenvalue weighted by Gasteiger charge is 2.12. The molecule has 2 heteroatoms. The summed E-state index contributed by atoms with van der Waals surface area (Å²) >= 11 is 0. The number of hydrogen-bond acceptors (Lipinski definition) is 1. The second-order valence-corrected chi connectivity index (χ2v) is 4.96. The van der Waals surface area contributed by atoms with E-state index in [0.29, 0.717) is 6.04 Å². The zero-order chi connectivity index (χ0) is 13.4. The van der Waals surface area contributed by atoms with Gasteiger partial charge in [0.05, 0.1) is 0 Å². The first-order valence-electron chi connectivity index (χ1n) is 7.18. The van der Waals surface area contributed by atoms with Gasteiger partial charge in [0, 0.05) is 6.04 Å². The molecule has 0 radical (unpaired) electrons. The third-order valence-electron chi connectivity index (χ3n) is 3.40. The van der Waals surface area contributed by atoms with Crippen LogP contribution < -0.4 is 5.32 Å². The molecule has 0 saturated heterocycles. The van der Waals surface area contributed by atoms with E-state index >= 15 is 0 Å². The summed E-state index contributed by atoms with van der Waals surface area (Å²) in [4.78, 5) is 0. The number of rotatable bonds is 8. The Morgan fingerprint density at radius 3 is 2.56 bits per heavy atom. The maximum Gasteiger partial charge on any atom is 0.123 e. The van der Waals surface area contributed by atoms with E-state index in [2.05, 4.69) is 19.2 Å². The summed E-state index contributed by atoms with van der Waals surface area (Å²) in [6.07, 6.45) is 6.24. The molecule has 0 heterocycles. The van der Waals surface area contributed by atoms with E-state index in [4.69, 9.17) is 0 Å². The van der Waals surface area contributed by atoms with Gasteiger partial charge in [0.15, 0.2) is 0 Å². The van der Waals surface area contributed by atoms with Gasteiger partial charge in [-0.1, -0.05) is 45.6 Å². The molecule has 1 aromatic carbocycles. The minimum absolute atomic E-state index is 0.141. The highest BCUT2D eigenvalue weighted by atomic mass is 19.1. The SMILES string of the molecule is CCCCCCC(NCC)c1ccc(F)cc1C. The summed E-state index contributed by atoms with van der Waals surface area (Å²) < 4.78 is 13.1. The third kappa shape index (κ3) is 4.77. The van der Waals surface area contributed by atoms with Crippen LogP contribution in [0.4, 0.5) is 4.39 Å². The fourth-order valence-corrected chi connectivity index (χ4v) is 2.42. The van der Waals surface area contributed by atoms with Crippen LogP contribution in [0.3, 0.4) is 0 Å². The molecular weight excluding hydrogens is 225 g/mol. The Labute approximate surface area is 111 Å². The predicted octanol–water partition coefficient (Wildman–Crippen LogP) is 4.76. The lowest BCUT2D eigenvalue weighted by atomic mass is 9.96. The van der Waals surface area contributed by atoms with Gasteiger partial charge in [0.2, 0.25) is 0 Å². The average Bonchev–Trinajstić information content (AvgIpc) is 2.34. The van der Waals surface area contributed by atoms with Gasteiger partial charge in [-0.25, -0.2) is 4.39 Å². The van der Waals surface area contributed by atoms with Crippen molar-refractivity contribution in [3.63, 3.8) is 0 Å². The molecule has 18 heavy (non-hydrogen) atoms. The Kier molecular flexibility index (Phi) is 6.96. The predicted molar refractivity (Wildman–Crippen MR) is 76.3 cm³/mol. The molecule has 0 aromatic heterocycles. The number of hydrogen-bond donors (Lipinski definition) is 1. The summed E-state index contributed by atoms with van der Waals surface area (Å²) in [5, 5.41) is 3.51. The van der Waals surface area contributed by atoms with Crippen molar-refractivity contribution >= 4 is 0 Å². The minimum atomic E-state index is -0.141. The van der Waals surface area contributed by atoms with E-state index in [-0.39, 0.29) is 5.82 Å². The van der Waals surface area contributed by atoms with E-state index in [1.165, 1.54) is 31.2 Å². The summed E-state index contributed by atoms with van der Waals surface area (Å²) in [5.41, 5.74) is 2.30. The van der Waals surface area contributed by atoms with Crippen LogP contribution >= 0.6 is 0 Å². The van der Waals surface area contributed by atoms with Crippen LogP contribution in [0, 0.1) is 12.7 Å². The smallest absolute Gasteiger partial charge is 0.123 e. The third-order valence-corrected chi connectivity index (χ3v) is 3.40. The molecule has 0 bridgehead atoms. The Bertz CT molecular complexity index is 349. The highest BCUT2D eigenvalue weighted by molar-refractivity contribution is 5.29. The molecule has 1 nitrogen and oxygen atoms in total. The van der Waals surface area contributed by atoms with Gasteiger partial charge in [-0.3, -0.25) is 0 Å². The summed E-state index contributed by atoms with van der Waals surface area (Å²) in [5.74, 6) is -0.141. The maximum atomic E-state index is 13.1. The van der Waals surface area contributed by atoms with Crippen molar-refractivity contribution < 1.29 is 4.39 Å². The van der Waals surface area contributed by atoms with E-state index in [0.717, 1.165) is 18.5 Å². The first-order chi connectivity index (χ1) is 8.69. The highest BCUT2D eigenvalue weighted by Crippen LogP contribution is 2.23. The Morgan fingerprint density at radius 1 is 1.17 bits per heavy atom. The van der Waals surface area contributed by atoms with Gasteiger partial charge in [0.1, 0.15) is 5.82 Å². The van der Waals surface area contributed by atoms with Crippen LogP contribution in [0.1, 0.15) is 63.1 Å². The fraction of sp³-hybridized carbons (Fsp3) is 0.625. The summed E-state index contributed by atoms with van der Waals surface area (Å²) in [6.45, 7) is 7.30. The molecule has 0 aliphatic rings. The fourth-order valence-electron chi connectivity index (χ4n) is 2.42. The second-order valence-electron chi connectivity index (χ2n) is 4.96. The average molecular weight is 251 g/mol. The van der Waals surface area contributed by atoms with Gasteiger partial charge < -0.3 is 5.32 Å². The second kappa shape index (κ2) is 8.25. The number of nitrogens with one attached hydrogen (secondary N) is 1. The van der Waals surface area contributed by atoms with Crippen molar-refractivity contribution in [2.45, 2.75) is 58.9 Å². The molecular formula is C16H26FN. The van der Waals surface area contributed by atoms with Crippen molar-refractivity contribution in [2.24, 2.45) is 0 Å². The molecule has 0 spiro atoms. The molecule has 0 aliphatic heterocycles. The zero-order valence-electron chi connectivity index (χ0n) is 11.9. The maximum absolute atomic E-state index is 13.1. The number of halogens is 1. The number of benzene rings is 1. The Morgan fingerprint density at radius 2 is 1.94 bits per heavy atom. The van der Waals surface area contributed by atoms with Crippen molar-refractivity contribution in [1.82, 2.24) is 5.32 Å². The Balaban J connectivity index is 2.64. The normalized spacial score (nSPS) is 12.7. The van der Waals surface area contributed by atoms with E-state index in [1.54, 1.807) is 12.1 Å². The Hall–Kier alpha value is -0.890. The lowest BCUT2D eigenvalue weighted by Gasteiger charge is -2.20. The van der Waals surface area contributed by atoms with Gasteiger partial charge in [0.25, 0.3) is 0 Å². The topological polar surface area (TPSA) is 12.0 Å². The monoisotopic (exact) mass is 251 g/mol. The van der Waals surface area contributed by atoms with Crippen LogP contribution in [0.5, 0.6) is 0 Å². The first-order valence-corrected chi connectivity index (χ1v) is 7.18. The van der Waals surface area contributed by atoms with Crippen molar-refractivity contribution in [3.8, 4) is 0 Å². The lowest BCUT2D eigenvalue weighted by Crippen LogP contribution is -2.21. The number of unbranched alkanes of at least 4 members (excludes halogenated alkanes) is 3. The van der Waals surface area contributed by atoms with Gasteiger partial charge >= 0.3 is 0 Å².